The molecule has 0 fully saturated rings. The summed E-state index contributed by atoms with van der Waals surface area (Å²) in [5, 5.41) is 5.44. The number of carbonyl (C=O) groups excluding carboxylic acids is 1. The van der Waals surface area contributed by atoms with E-state index in [1.54, 1.807) is 19.4 Å². The zero-order valence-corrected chi connectivity index (χ0v) is 17.4. The van der Waals surface area contributed by atoms with Crippen LogP contribution >= 0.6 is 11.3 Å². The van der Waals surface area contributed by atoms with Crippen LogP contribution in [0.4, 0.5) is 0 Å². The molecule has 8 nitrogen and oxygen atoms in total. The number of para-hydroxylation sites is 1. The second kappa shape index (κ2) is 8.50. The fourth-order valence-corrected chi connectivity index (χ4v) is 4.07. The number of benzene rings is 1. The van der Waals surface area contributed by atoms with Crippen molar-refractivity contribution in [2.45, 2.75) is 19.0 Å². The Morgan fingerprint density at radius 2 is 2.10 bits per heavy atom. The number of carbonyl (C=O) groups is 1. The summed E-state index contributed by atoms with van der Waals surface area (Å²) in [6.45, 7) is 0.239. The topological polar surface area (TPSA) is 91.0 Å². The molecule has 0 saturated heterocycles. The number of aryl methyl sites for hydroxylation is 2. The van der Waals surface area contributed by atoms with Gasteiger partial charge in [0.1, 0.15) is 22.4 Å². The van der Waals surface area contributed by atoms with Crippen LogP contribution in [0.1, 0.15) is 23.9 Å². The molecule has 9 heteroatoms. The molecule has 1 N–H and O–H groups in total. The molecule has 1 unspecified atom stereocenters. The van der Waals surface area contributed by atoms with Gasteiger partial charge < -0.3 is 14.6 Å². The Balaban J connectivity index is 1.55. The number of hydrogen-bond donors (Lipinski definition) is 1. The fraction of sp³-hybridized carbons (Fsp3) is 0.238. The quantitative estimate of drug-likeness (QED) is 0.493. The highest BCUT2D eigenvalue weighted by Gasteiger charge is 2.23. The van der Waals surface area contributed by atoms with Crippen LogP contribution < -0.4 is 15.6 Å². The number of nitrogens with zero attached hydrogens (tertiary/aromatic N) is 4. The molecule has 4 rings (SSSR count). The Morgan fingerprint density at radius 1 is 1.27 bits per heavy atom. The van der Waals surface area contributed by atoms with Crippen LogP contribution in [-0.2, 0) is 18.4 Å². The zero-order chi connectivity index (χ0) is 21.1. The van der Waals surface area contributed by atoms with Gasteiger partial charge in [-0.2, -0.15) is 0 Å². The van der Waals surface area contributed by atoms with Crippen molar-refractivity contribution in [2.24, 2.45) is 7.05 Å². The molecule has 1 amide bonds. The summed E-state index contributed by atoms with van der Waals surface area (Å²) in [5.41, 5.74) is 0.667. The molecule has 154 valence electrons. The smallest absolute Gasteiger partial charge is 0.262 e. The average Bonchev–Trinajstić information content (AvgIpc) is 3.41. The minimum atomic E-state index is -0.483. The number of methoxy groups -OCH3 is 1. The van der Waals surface area contributed by atoms with Gasteiger partial charge in [0.15, 0.2) is 0 Å². The third-order valence-electron chi connectivity index (χ3n) is 4.90. The summed E-state index contributed by atoms with van der Waals surface area (Å²) >= 11 is 1.42. The lowest BCUT2D eigenvalue weighted by Crippen LogP contribution is -2.33. The second-order valence-corrected chi connectivity index (χ2v) is 7.67. The molecule has 0 aliphatic rings. The summed E-state index contributed by atoms with van der Waals surface area (Å²) in [7, 11) is 3.47. The van der Waals surface area contributed by atoms with Crippen molar-refractivity contribution >= 4 is 27.5 Å². The van der Waals surface area contributed by atoms with Crippen molar-refractivity contribution in [1.82, 2.24) is 24.4 Å². The molecule has 0 aliphatic heterocycles. The molecule has 4 aromatic rings. The van der Waals surface area contributed by atoms with Crippen LogP contribution in [0.2, 0.25) is 0 Å². The van der Waals surface area contributed by atoms with Crippen molar-refractivity contribution in [3.8, 4) is 5.75 Å². The minimum Gasteiger partial charge on any atom is -0.496 e. The maximum Gasteiger partial charge on any atom is 0.262 e. The predicted molar refractivity (Wildman–Crippen MR) is 115 cm³/mol. The number of rotatable bonds is 7. The van der Waals surface area contributed by atoms with Gasteiger partial charge in [0.2, 0.25) is 5.91 Å². The lowest BCUT2D eigenvalue weighted by molar-refractivity contribution is -0.121. The standard InChI is InChI=1S/C21H21N5O3S/c1-25-11-9-22-19(25)18(14-5-3-4-6-16(14)29-2)24-17(27)7-10-26-13-23-20-15(21(26)28)8-12-30-20/h3-6,8-9,11-13,18H,7,10H2,1-2H3,(H,24,27). The molecule has 0 spiro atoms. The first kappa shape index (κ1) is 19.8. The highest BCUT2D eigenvalue weighted by Crippen LogP contribution is 2.29. The van der Waals surface area contributed by atoms with Crippen LogP contribution in [0.25, 0.3) is 10.2 Å². The monoisotopic (exact) mass is 423 g/mol. The van der Waals surface area contributed by atoms with E-state index in [0.29, 0.717) is 21.8 Å². The Bertz CT molecular complexity index is 1240. The normalized spacial score (nSPS) is 12.1. The Morgan fingerprint density at radius 3 is 2.87 bits per heavy atom. The number of nitrogens with one attached hydrogen (secondary N) is 1. The maximum absolute atomic E-state index is 12.8. The van der Waals surface area contributed by atoms with E-state index in [1.807, 2.05) is 47.5 Å². The van der Waals surface area contributed by atoms with E-state index in [9.17, 15) is 9.59 Å². The number of aromatic nitrogens is 4. The number of amides is 1. The van der Waals surface area contributed by atoms with E-state index >= 15 is 0 Å². The van der Waals surface area contributed by atoms with Gasteiger partial charge in [0.05, 0.1) is 18.8 Å². The van der Waals surface area contributed by atoms with Crippen LogP contribution in [0.5, 0.6) is 5.75 Å². The molecule has 1 atom stereocenters. The van der Waals surface area contributed by atoms with Gasteiger partial charge in [0, 0.05) is 38.0 Å². The average molecular weight is 423 g/mol. The van der Waals surface area contributed by atoms with Crippen LogP contribution in [0, 0.1) is 0 Å². The van der Waals surface area contributed by atoms with Crippen LogP contribution in [0.3, 0.4) is 0 Å². The van der Waals surface area contributed by atoms with Crippen molar-refractivity contribution in [2.75, 3.05) is 7.11 Å². The molecule has 0 aliphatic carbocycles. The summed E-state index contributed by atoms with van der Waals surface area (Å²) in [6, 6.07) is 8.78. The number of ether oxygens (including phenoxy) is 1. The third-order valence-corrected chi connectivity index (χ3v) is 5.72. The highest BCUT2D eigenvalue weighted by molar-refractivity contribution is 7.16. The van der Waals surface area contributed by atoms with E-state index in [0.717, 1.165) is 5.56 Å². The van der Waals surface area contributed by atoms with Gasteiger partial charge in [-0.1, -0.05) is 18.2 Å². The molecule has 3 aromatic heterocycles. The molecule has 0 saturated carbocycles. The first-order valence-corrected chi connectivity index (χ1v) is 10.3. The SMILES string of the molecule is COc1ccccc1C(NC(=O)CCn1cnc2sccc2c1=O)c1nccn1C. The number of hydrogen-bond acceptors (Lipinski definition) is 6. The number of imidazole rings is 1. The summed E-state index contributed by atoms with van der Waals surface area (Å²) in [5.74, 6) is 1.15. The molecular formula is C21H21N5O3S. The third kappa shape index (κ3) is 3.84. The molecule has 3 heterocycles. The zero-order valence-electron chi connectivity index (χ0n) is 16.6. The first-order chi connectivity index (χ1) is 14.6. The number of thiophene rings is 1. The molecule has 0 bridgehead atoms. The number of fused-ring (bicyclic) bond motifs is 1. The maximum atomic E-state index is 12.8. The second-order valence-electron chi connectivity index (χ2n) is 6.77. The van der Waals surface area contributed by atoms with Crippen LogP contribution in [0.15, 0.2) is 59.2 Å². The van der Waals surface area contributed by atoms with E-state index in [2.05, 4.69) is 15.3 Å². The largest absolute Gasteiger partial charge is 0.496 e. The molecule has 30 heavy (non-hydrogen) atoms. The molecular weight excluding hydrogens is 402 g/mol. The van der Waals surface area contributed by atoms with Crippen molar-refractivity contribution in [3.05, 3.63) is 76.2 Å². The predicted octanol–water partition coefficient (Wildman–Crippen LogP) is 2.50. The van der Waals surface area contributed by atoms with Crippen LogP contribution in [-0.4, -0.2) is 32.1 Å². The van der Waals surface area contributed by atoms with Gasteiger partial charge in [0.25, 0.3) is 5.56 Å². The Labute approximate surface area is 176 Å². The van der Waals surface area contributed by atoms with Gasteiger partial charge in [-0.15, -0.1) is 11.3 Å². The summed E-state index contributed by atoms with van der Waals surface area (Å²) < 4.78 is 8.81. The lowest BCUT2D eigenvalue weighted by Gasteiger charge is -2.21. The van der Waals surface area contributed by atoms with Gasteiger partial charge in [-0.05, 0) is 17.5 Å². The van der Waals surface area contributed by atoms with E-state index in [1.165, 1.54) is 22.2 Å². The lowest BCUT2D eigenvalue weighted by atomic mass is 10.0. The Kier molecular flexibility index (Phi) is 5.62. The molecule has 1 aromatic carbocycles. The van der Waals surface area contributed by atoms with Crippen molar-refractivity contribution in [3.63, 3.8) is 0 Å². The molecule has 0 radical (unpaired) electrons. The van der Waals surface area contributed by atoms with Gasteiger partial charge in [-0.25, -0.2) is 9.97 Å². The van der Waals surface area contributed by atoms with E-state index in [4.69, 9.17) is 4.74 Å². The Hall–Kier alpha value is -3.46. The van der Waals surface area contributed by atoms with Crippen molar-refractivity contribution < 1.29 is 9.53 Å². The summed E-state index contributed by atoms with van der Waals surface area (Å²) in [4.78, 5) is 34.7. The fourth-order valence-electron chi connectivity index (χ4n) is 3.35. The van der Waals surface area contributed by atoms with Crippen molar-refractivity contribution in [1.29, 1.82) is 0 Å². The summed E-state index contributed by atoms with van der Waals surface area (Å²) in [6.07, 6.45) is 5.13. The van der Waals surface area contributed by atoms with Gasteiger partial charge >= 0.3 is 0 Å². The first-order valence-electron chi connectivity index (χ1n) is 9.40. The van der Waals surface area contributed by atoms with E-state index in [-0.39, 0.29) is 24.4 Å². The van der Waals surface area contributed by atoms with E-state index < -0.39 is 6.04 Å². The minimum absolute atomic E-state index is 0.132. The van der Waals surface area contributed by atoms with Gasteiger partial charge in [-0.3, -0.25) is 14.2 Å². The highest BCUT2D eigenvalue weighted by atomic mass is 32.1.